The molecule has 3 rings (SSSR count). The summed E-state index contributed by atoms with van der Waals surface area (Å²) >= 11 is 5.17. The summed E-state index contributed by atoms with van der Waals surface area (Å²) in [5.74, 6) is 2.03. The van der Waals surface area contributed by atoms with Crippen molar-refractivity contribution >= 4 is 18.4 Å². The number of aromatic amines is 1. The maximum atomic E-state index is 5.42. The van der Waals surface area contributed by atoms with Crippen molar-refractivity contribution < 1.29 is 4.42 Å². The van der Waals surface area contributed by atoms with Gasteiger partial charge < -0.3 is 4.42 Å². The van der Waals surface area contributed by atoms with Crippen LogP contribution >= 0.6 is 12.2 Å². The number of aromatic nitrogens is 4. The first-order valence-corrected chi connectivity index (χ1v) is 6.34. The maximum absolute atomic E-state index is 5.42. The number of rotatable bonds is 3. The van der Waals surface area contributed by atoms with E-state index in [1.165, 1.54) is 4.68 Å². The van der Waals surface area contributed by atoms with E-state index in [1.54, 1.807) is 12.4 Å². The van der Waals surface area contributed by atoms with Crippen LogP contribution in [0.15, 0.2) is 46.0 Å². The molecular formula is C13H11N5OS. The molecular weight excluding hydrogens is 274 g/mol. The predicted molar refractivity (Wildman–Crippen MR) is 77.1 cm³/mol. The van der Waals surface area contributed by atoms with Gasteiger partial charge in [0.05, 0.1) is 6.21 Å². The van der Waals surface area contributed by atoms with E-state index in [-0.39, 0.29) is 0 Å². The van der Waals surface area contributed by atoms with Gasteiger partial charge in [0, 0.05) is 6.20 Å². The second-order valence-electron chi connectivity index (χ2n) is 4.07. The Morgan fingerprint density at radius 3 is 2.95 bits per heavy atom. The van der Waals surface area contributed by atoms with E-state index in [4.69, 9.17) is 16.6 Å². The van der Waals surface area contributed by atoms with Crippen molar-refractivity contribution in [3.05, 3.63) is 52.8 Å². The van der Waals surface area contributed by atoms with Crippen LogP contribution < -0.4 is 0 Å². The van der Waals surface area contributed by atoms with Gasteiger partial charge in [-0.15, -0.1) is 0 Å². The number of nitrogens with one attached hydrogen (secondary N) is 1. The van der Waals surface area contributed by atoms with E-state index in [0.29, 0.717) is 22.0 Å². The Labute approximate surface area is 119 Å². The van der Waals surface area contributed by atoms with Crippen LogP contribution in [0, 0.1) is 11.7 Å². The molecule has 0 atom stereocenters. The monoisotopic (exact) mass is 285 g/mol. The molecule has 100 valence electrons. The zero-order chi connectivity index (χ0) is 13.9. The lowest BCUT2D eigenvalue weighted by Crippen LogP contribution is -1.95. The number of hydrogen-bond acceptors (Lipinski definition) is 5. The largest absolute Gasteiger partial charge is 0.460 e. The van der Waals surface area contributed by atoms with Crippen LogP contribution in [0.1, 0.15) is 11.5 Å². The summed E-state index contributed by atoms with van der Waals surface area (Å²) < 4.78 is 7.33. The minimum atomic E-state index is 0.394. The molecule has 0 aliphatic heterocycles. The normalized spacial score (nSPS) is 11.2. The average molecular weight is 285 g/mol. The Kier molecular flexibility index (Phi) is 3.26. The molecule has 0 aliphatic carbocycles. The predicted octanol–water partition coefficient (Wildman–Crippen LogP) is 2.79. The van der Waals surface area contributed by atoms with Crippen LogP contribution in [0.3, 0.4) is 0 Å². The number of furan rings is 1. The number of nitrogens with zero attached hydrogens (tertiary/aromatic N) is 4. The Hall–Kier alpha value is -2.54. The zero-order valence-corrected chi connectivity index (χ0v) is 11.5. The maximum Gasteiger partial charge on any atom is 0.216 e. The van der Waals surface area contributed by atoms with Crippen molar-refractivity contribution in [2.45, 2.75) is 6.92 Å². The van der Waals surface area contributed by atoms with Gasteiger partial charge in [-0.2, -0.15) is 14.9 Å². The van der Waals surface area contributed by atoms with Crippen LogP contribution in [0.5, 0.6) is 0 Å². The number of pyridine rings is 1. The molecule has 0 amide bonds. The molecule has 3 aromatic heterocycles. The topological polar surface area (TPSA) is 72.0 Å². The fraction of sp³-hybridized carbons (Fsp3) is 0.0769. The van der Waals surface area contributed by atoms with E-state index in [0.717, 1.165) is 5.76 Å². The van der Waals surface area contributed by atoms with Crippen LogP contribution in [-0.2, 0) is 0 Å². The summed E-state index contributed by atoms with van der Waals surface area (Å²) in [5, 5.41) is 11.1. The Balaban J connectivity index is 2.00. The molecule has 20 heavy (non-hydrogen) atoms. The summed E-state index contributed by atoms with van der Waals surface area (Å²) in [6.07, 6.45) is 3.28. The van der Waals surface area contributed by atoms with Gasteiger partial charge in [-0.1, -0.05) is 6.07 Å². The van der Waals surface area contributed by atoms with Gasteiger partial charge >= 0.3 is 0 Å². The smallest absolute Gasteiger partial charge is 0.216 e. The second-order valence-corrected chi connectivity index (χ2v) is 4.46. The summed E-state index contributed by atoms with van der Waals surface area (Å²) in [6.45, 7) is 1.88. The molecule has 3 heterocycles. The highest BCUT2D eigenvalue weighted by atomic mass is 32.1. The van der Waals surface area contributed by atoms with Crippen LogP contribution in [0.2, 0.25) is 0 Å². The van der Waals surface area contributed by atoms with Crippen LogP contribution in [0.4, 0.5) is 0 Å². The average Bonchev–Trinajstić information content (AvgIpc) is 3.04. The lowest BCUT2D eigenvalue weighted by molar-refractivity contribution is 0.527. The Bertz CT molecular complexity index is 800. The van der Waals surface area contributed by atoms with Gasteiger partial charge in [-0.3, -0.25) is 4.98 Å². The molecule has 0 saturated heterocycles. The standard InChI is InChI=1S/C13H11N5OS/c1-9-5-6-10(19-9)8-15-18-12(16-17-13(18)20)11-4-2-3-7-14-11/h2-8H,1H3,(H,17,20). The molecule has 3 aromatic rings. The summed E-state index contributed by atoms with van der Waals surface area (Å²) in [5.41, 5.74) is 0.688. The van der Waals surface area contributed by atoms with E-state index in [9.17, 15) is 0 Å². The quantitative estimate of drug-likeness (QED) is 0.593. The fourth-order valence-electron chi connectivity index (χ4n) is 1.70. The third-order valence-corrected chi connectivity index (χ3v) is 2.87. The molecule has 0 fully saturated rings. The molecule has 0 radical (unpaired) electrons. The van der Waals surface area contributed by atoms with Crippen molar-refractivity contribution in [1.82, 2.24) is 19.9 Å². The molecule has 0 bridgehead atoms. The zero-order valence-electron chi connectivity index (χ0n) is 10.6. The first-order valence-electron chi connectivity index (χ1n) is 5.93. The molecule has 0 aliphatic rings. The van der Waals surface area contributed by atoms with Gasteiger partial charge in [-0.05, 0) is 43.4 Å². The van der Waals surface area contributed by atoms with E-state index >= 15 is 0 Å². The lowest BCUT2D eigenvalue weighted by atomic mass is 10.3. The van der Waals surface area contributed by atoms with Crippen molar-refractivity contribution in [3.63, 3.8) is 0 Å². The molecule has 0 spiro atoms. The van der Waals surface area contributed by atoms with E-state index in [1.807, 2.05) is 37.3 Å². The lowest BCUT2D eigenvalue weighted by Gasteiger charge is -1.98. The summed E-state index contributed by atoms with van der Waals surface area (Å²) in [4.78, 5) is 4.24. The van der Waals surface area contributed by atoms with Gasteiger partial charge in [-0.25, -0.2) is 5.10 Å². The van der Waals surface area contributed by atoms with Gasteiger partial charge in [0.1, 0.15) is 17.2 Å². The van der Waals surface area contributed by atoms with Crippen molar-refractivity contribution in [1.29, 1.82) is 0 Å². The minimum Gasteiger partial charge on any atom is -0.460 e. The highest BCUT2D eigenvalue weighted by Gasteiger charge is 2.08. The van der Waals surface area contributed by atoms with Gasteiger partial charge in [0.25, 0.3) is 0 Å². The molecule has 0 aromatic carbocycles. The molecule has 0 unspecified atom stereocenters. The Morgan fingerprint density at radius 2 is 2.25 bits per heavy atom. The number of hydrogen-bond donors (Lipinski definition) is 1. The highest BCUT2D eigenvalue weighted by Crippen LogP contribution is 2.13. The summed E-state index contributed by atoms with van der Waals surface area (Å²) in [7, 11) is 0. The van der Waals surface area contributed by atoms with Gasteiger partial charge in [0.2, 0.25) is 10.6 Å². The van der Waals surface area contributed by atoms with E-state index in [2.05, 4.69) is 20.3 Å². The van der Waals surface area contributed by atoms with Crippen molar-refractivity contribution in [3.8, 4) is 11.5 Å². The van der Waals surface area contributed by atoms with Crippen molar-refractivity contribution in [2.24, 2.45) is 5.10 Å². The van der Waals surface area contributed by atoms with Crippen LogP contribution in [0.25, 0.3) is 11.5 Å². The number of aryl methyl sites for hydroxylation is 1. The van der Waals surface area contributed by atoms with E-state index < -0.39 is 0 Å². The molecule has 7 heteroatoms. The second kappa shape index (κ2) is 5.22. The third-order valence-electron chi connectivity index (χ3n) is 2.61. The fourth-order valence-corrected chi connectivity index (χ4v) is 1.88. The molecule has 6 nitrogen and oxygen atoms in total. The summed E-state index contributed by atoms with van der Waals surface area (Å²) in [6, 6.07) is 9.26. The molecule has 0 saturated carbocycles. The van der Waals surface area contributed by atoms with Crippen LogP contribution in [-0.4, -0.2) is 26.1 Å². The number of H-pyrrole nitrogens is 1. The SMILES string of the molecule is Cc1ccc(C=Nn2c(-c3ccccn3)n[nH]c2=S)o1. The third kappa shape index (κ3) is 2.43. The first kappa shape index (κ1) is 12.5. The van der Waals surface area contributed by atoms with Crippen molar-refractivity contribution in [2.75, 3.05) is 0 Å². The molecule has 1 N–H and O–H groups in total. The first-order chi connectivity index (χ1) is 9.74. The Morgan fingerprint density at radius 1 is 1.35 bits per heavy atom. The highest BCUT2D eigenvalue weighted by molar-refractivity contribution is 7.71. The minimum absolute atomic E-state index is 0.394. The van der Waals surface area contributed by atoms with Gasteiger partial charge in [0.15, 0.2) is 0 Å².